The topological polar surface area (TPSA) is 105 Å². The van der Waals surface area contributed by atoms with E-state index < -0.39 is 34.3 Å². The lowest BCUT2D eigenvalue weighted by atomic mass is 10.0. The molecular formula is C36H40FN3O6S. The number of nitrogens with zero attached hydrogens (tertiary/aromatic N) is 2. The number of rotatable bonds is 15. The minimum Gasteiger partial charge on any atom is -0.493 e. The summed E-state index contributed by atoms with van der Waals surface area (Å²) in [6.07, 6.45) is 0.858. The molecule has 0 aliphatic rings. The number of amides is 2. The standard InChI is InChI=1S/C36H40FN3O6S/c1-5-21-38-36(42)32(22-27-9-7-6-8-10-27)39(24-28-13-15-29(37)16-14-28)35(41)25-40(30-17-11-26(2)12-18-30)47(43,44)31-19-20-33(45-3)34(23-31)46-4/h6-20,23,32H,5,21-22,24-25H2,1-4H3,(H,38,42). The fourth-order valence-electron chi connectivity index (χ4n) is 5.05. The van der Waals surface area contributed by atoms with Gasteiger partial charge in [-0.25, -0.2) is 12.8 Å². The number of sulfonamides is 1. The van der Waals surface area contributed by atoms with Gasteiger partial charge in [0.15, 0.2) is 11.5 Å². The van der Waals surface area contributed by atoms with Crippen molar-refractivity contribution < 1.29 is 31.9 Å². The molecule has 0 radical (unpaired) electrons. The fourth-order valence-corrected chi connectivity index (χ4v) is 6.48. The van der Waals surface area contributed by atoms with E-state index in [-0.39, 0.29) is 35.2 Å². The number of anilines is 1. The second kappa shape index (κ2) is 16.1. The first-order chi connectivity index (χ1) is 22.6. The van der Waals surface area contributed by atoms with E-state index in [0.717, 1.165) is 15.4 Å². The van der Waals surface area contributed by atoms with Gasteiger partial charge >= 0.3 is 0 Å². The Bertz CT molecular complexity index is 1750. The predicted molar refractivity (Wildman–Crippen MR) is 179 cm³/mol. The van der Waals surface area contributed by atoms with Crippen LogP contribution in [0.2, 0.25) is 0 Å². The van der Waals surface area contributed by atoms with Crippen LogP contribution in [0.1, 0.15) is 30.0 Å². The third-order valence-corrected chi connectivity index (χ3v) is 9.40. The summed E-state index contributed by atoms with van der Waals surface area (Å²) in [4.78, 5) is 29.5. The van der Waals surface area contributed by atoms with Crippen molar-refractivity contribution in [2.75, 3.05) is 31.6 Å². The molecule has 9 nitrogen and oxygen atoms in total. The minimum absolute atomic E-state index is 0.0612. The highest BCUT2D eigenvalue weighted by molar-refractivity contribution is 7.92. The number of hydrogen-bond donors (Lipinski definition) is 1. The lowest BCUT2D eigenvalue weighted by molar-refractivity contribution is -0.140. The Morgan fingerprint density at radius 2 is 1.51 bits per heavy atom. The molecule has 4 rings (SSSR count). The van der Waals surface area contributed by atoms with Crippen LogP contribution in [0.15, 0.2) is 102 Å². The van der Waals surface area contributed by atoms with Crippen LogP contribution in [0, 0.1) is 12.7 Å². The average Bonchev–Trinajstić information content (AvgIpc) is 3.08. The molecule has 0 fully saturated rings. The zero-order valence-electron chi connectivity index (χ0n) is 27.0. The molecule has 4 aromatic carbocycles. The predicted octanol–water partition coefficient (Wildman–Crippen LogP) is 5.51. The Morgan fingerprint density at radius 1 is 0.851 bits per heavy atom. The lowest BCUT2D eigenvalue weighted by Crippen LogP contribution is -2.53. The number of ether oxygens (including phenoxy) is 2. The number of aryl methyl sites for hydroxylation is 1. The van der Waals surface area contributed by atoms with Crippen LogP contribution in [0.3, 0.4) is 0 Å². The van der Waals surface area contributed by atoms with Crippen molar-refractivity contribution in [1.29, 1.82) is 0 Å². The maximum absolute atomic E-state index is 14.5. The Morgan fingerprint density at radius 3 is 2.13 bits per heavy atom. The lowest BCUT2D eigenvalue weighted by Gasteiger charge is -2.34. The second-order valence-corrected chi connectivity index (χ2v) is 12.9. The van der Waals surface area contributed by atoms with Gasteiger partial charge in [-0.1, -0.05) is 67.1 Å². The van der Waals surface area contributed by atoms with E-state index >= 15 is 0 Å². The molecule has 0 bridgehead atoms. The van der Waals surface area contributed by atoms with Crippen LogP contribution in [0.5, 0.6) is 11.5 Å². The highest BCUT2D eigenvalue weighted by atomic mass is 32.2. The highest BCUT2D eigenvalue weighted by Gasteiger charge is 2.35. The quantitative estimate of drug-likeness (QED) is 0.180. The summed E-state index contributed by atoms with van der Waals surface area (Å²) in [5.41, 5.74) is 2.55. The van der Waals surface area contributed by atoms with Crippen molar-refractivity contribution in [3.8, 4) is 11.5 Å². The molecule has 0 heterocycles. The van der Waals surface area contributed by atoms with Crippen LogP contribution in [-0.4, -0.2) is 58.5 Å². The summed E-state index contributed by atoms with van der Waals surface area (Å²) in [5.74, 6) is -0.893. The fraction of sp³-hybridized carbons (Fsp3) is 0.278. The maximum atomic E-state index is 14.5. The molecule has 11 heteroatoms. The molecule has 1 atom stereocenters. The number of halogens is 1. The normalized spacial score (nSPS) is 11.8. The molecule has 0 spiro atoms. The zero-order chi connectivity index (χ0) is 34.0. The zero-order valence-corrected chi connectivity index (χ0v) is 27.8. The monoisotopic (exact) mass is 661 g/mol. The van der Waals surface area contributed by atoms with Gasteiger partial charge in [-0.15, -0.1) is 0 Å². The first-order valence-corrected chi connectivity index (χ1v) is 16.7. The Kier molecular flexibility index (Phi) is 12.0. The molecule has 47 heavy (non-hydrogen) atoms. The molecule has 0 aliphatic heterocycles. The number of carbonyl (C=O) groups is 2. The molecule has 2 amide bonds. The second-order valence-electron chi connectivity index (χ2n) is 11.0. The highest BCUT2D eigenvalue weighted by Crippen LogP contribution is 2.32. The number of hydrogen-bond acceptors (Lipinski definition) is 6. The van der Waals surface area contributed by atoms with E-state index in [0.29, 0.717) is 24.3 Å². The summed E-state index contributed by atoms with van der Waals surface area (Å²) in [6.45, 7) is 3.51. The number of carbonyl (C=O) groups excluding carboxylic acids is 2. The summed E-state index contributed by atoms with van der Waals surface area (Å²) in [7, 11) is -1.50. The molecule has 0 saturated carbocycles. The summed E-state index contributed by atoms with van der Waals surface area (Å²) in [5, 5.41) is 2.90. The molecule has 1 unspecified atom stereocenters. The minimum atomic E-state index is -4.35. The summed E-state index contributed by atoms with van der Waals surface area (Å²) >= 11 is 0. The van der Waals surface area contributed by atoms with Gasteiger partial charge in [0.05, 0.1) is 24.8 Å². The SMILES string of the molecule is CCCNC(=O)C(Cc1ccccc1)N(Cc1ccc(F)cc1)C(=O)CN(c1ccc(C)cc1)S(=O)(=O)c1ccc(OC)c(OC)c1. The Balaban J connectivity index is 1.81. The first-order valence-electron chi connectivity index (χ1n) is 15.2. The molecule has 1 N–H and O–H groups in total. The smallest absolute Gasteiger partial charge is 0.264 e. The first kappa shape index (κ1) is 35.0. The van der Waals surface area contributed by atoms with Crippen LogP contribution in [0.25, 0.3) is 0 Å². The van der Waals surface area contributed by atoms with Crippen LogP contribution < -0.4 is 19.1 Å². The van der Waals surface area contributed by atoms with Gasteiger partial charge in [-0.05, 0) is 60.9 Å². The van der Waals surface area contributed by atoms with Gasteiger partial charge in [0, 0.05) is 25.6 Å². The number of benzene rings is 4. The molecule has 0 aliphatic carbocycles. The van der Waals surface area contributed by atoms with Crippen molar-refractivity contribution in [2.45, 2.75) is 44.2 Å². The van der Waals surface area contributed by atoms with Gasteiger partial charge in [-0.3, -0.25) is 13.9 Å². The number of methoxy groups -OCH3 is 2. The molecule has 4 aromatic rings. The maximum Gasteiger partial charge on any atom is 0.264 e. The van der Waals surface area contributed by atoms with Crippen molar-refractivity contribution in [2.24, 2.45) is 0 Å². The largest absolute Gasteiger partial charge is 0.493 e. The summed E-state index contributed by atoms with van der Waals surface area (Å²) in [6, 6.07) is 24.9. The third kappa shape index (κ3) is 8.88. The van der Waals surface area contributed by atoms with Crippen molar-refractivity contribution >= 4 is 27.5 Å². The van der Waals surface area contributed by atoms with E-state index in [4.69, 9.17) is 9.47 Å². The van der Waals surface area contributed by atoms with Gasteiger partial charge in [0.2, 0.25) is 11.8 Å². The molecule has 0 saturated heterocycles. The molecular weight excluding hydrogens is 621 g/mol. The van der Waals surface area contributed by atoms with Gasteiger partial charge < -0.3 is 19.7 Å². The van der Waals surface area contributed by atoms with Crippen LogP contribution >= 0.6 is 0 Å². The third-order valence-electron chi connectivity index (χ3n) is 7.63. The average molecular weight is 662 g/mol. The van der Waals surface area contributed by atoms with E-state index in [2.05, 4.69) is 5.32 Å². The van der Waals surface area contributed by atoms with Gasteiger partial charge in [-0.2, -0.15) is 0 Å². The van der Waals surface area contributed by atoms with E-state index in [1.54, 1.807) is 24.3 Å². The summed E-state index contributed by atoms with van der Waals surface area (Å²) < 4.78 is 54.1. The number of nitrogens with one attached hydrogen (secondary N) is 1. The van der Waals surface area contributed by atoms with Gasteiger partial charge in [0.1, 0.15) is 18.4 Å². The van der Waals surface area contributed by atoms with E-state index in [9.17, 15) is 22.4 Å². The Hall–Kier alpha value is -4.90. The van der Waals surface area contributed by atoms with Crippen LogP contribution in [-0.2, 0) is 32.6 Å². The van der Waals surface area contributed by atoms with Crippen molar-refractivity contribution in [1.82, 2.24) is 10.2 Å². The van der Waals surface area contributed by atoms with Gasteiger partial charge in [0.25, 0.3) is 10.0 Å². The molecule has 0 aromatic heterocycles. The Labute approximate surface area is 276 Å². The van der Waals surface area contributed by atoms with E-state index in [1.807, 2.05) is 44.2 Å². The van der Waals surface area contributed by atoms with Crippen molar-refractivity contribution in [3.63, 3.8) is 0 Å². The van der Waals surface area contributed by atoms with Crippen molar-refractivity contribution in [3.05, 3.63) is 120 Å². The van der Waals surface area contributed by atoms with E-state index in [1.165, 1.54) is 61.6 Å². The molecule has 248 valence electrons. The van der Waals surface area contributed by atoms with Crippen LogP contribution in [0.4, 0.5) is 10.1 Å².